The average molecular weight is 292 g/mol. The first-order valence-electron chi connectivity index (χ1n) is 6.06. The fraction of sp³-hybridized carbons (Fsp3) is 0.214. The lowest BCUT2D eigenvalue weighted by Gasteiger charge is -2.08. The van der Waals surface area contributed by atoms with Crippen molar-refractivity contribution >= 4 is 33.6 Å². The summed E-state index contributed by atoms with van der Waals surface area (Å²) in [6.07, 6.45) is 2.05. The van der Waals surface area contributed by atoms with Crippen LogP contribution < -0.4 is 5.32 Å². The molecule has 0 radical (unpaired) electrons. The standard InChI is InChI=1S/C14H14ClN3S/c1-9-3-4-11(7-12(9)15)16-8-13-10(2)17-14-18(13)5-6-19-14/h3-7,16H,8H2,1-2H3. The Morgan fingerprint density at radius 2 is 2.21 bits per heavy atom. The molecule has 98 valence electrons. The van der Waals surface area contributed by atoms with Crippen LogP contribution in [-0.2, 0) is 6.54 Å². The third-order valence-electron chi connectivity index (χ3n) is 3.19. The van der Waals surface area contributed by atoms with Crippen molar-refractivity contribution in [1.82, 2.24) is 9.38 Å². The molecule has 0 fully saturated rings. The Labute approximate surface area is 120 Å². The van der Waals surface area contributed by atoms with E-state index >= 15 is 0 Å². The van der Waals surface area contributed by atoms with Crippen molar-refractivity contribution in [2.45, 2.75) is 20.4 Å². The van der Waals surface area contributed by atoms with E-state index in [-0.39, 0.29) is 0 Å². The monoisotopic (exact) mass is 291 g/mol. The van der Waals surface area contributed by atoms with Crippen LogP contribution in [-0.4, -0.2) is 9.38 Å². The summed E-state index contributed by atoms with van der Waals surface area (Å²) in [5, 5.41) is 6.23. The molecule has 0 bridgehead atoms. The smallest absolute Gasteiger partial charge is 0.194 e. The van der Waals surface area contributed by atoms with Crippen LogP contribution in [0.4, 0.5) is 5.69 Å². The number of nitrogens with one attached hydrogen (secondary N) is 1. The van der Waals surface area contributed by atoms with Crippen LogP contribution in [0.1, 0.15) is 17.0 Å². The van der Waals surface area contributed by atoms with E-state index in [2.05, 4.69) is 20.9 Å². The topological polar surface area (TPSA) is 29.3 Å². The first-order chi connectivity index (χ1) is 9.15. The number of thiazole rings is 1. The molecule has 0 spiro atoms. The van der Waals surface area contributed by atoms with Crippen LogP contribution in [0, 0.1) is 13.8 Å². The van der Waals surface area contributed by atoms with E-state index in [0.717, 1.165) is 33.5 Å². The first-order valence-corrected chi connectivity index (χ1v) is 7.32. The molecule has 0 aliphatic heterocycles. The summed E-state index contributed by atoms with van der Waals surface area (Å²) in [6.45, 7) is 4.78. The van der Waals surface area contributed by atoms with E-state index in [1.54, 1.807) is 11.3 Å². The largest absolute Gasteiger partial charge is 0.379 e. The second-order valence-corrected chi connectivity index (χ2v) is 5.80. The maximum Gasteiger partial charge on any atom is 0.194 e. The summed E-state index contributed by atoms with van der Waals surface area (Å²) in [7, 11) is 0. The quantitative estimate of drug-likeness (QED) is 0.780. The van der Waals surface area contributed by atoms with Crippen LogP contribution >= 0.6 is 22.9 Å². The number of nitrogens with zero attached hydrogens (tertiary/aromatic N) is 2. The fourth-order valence-corrected chi connectivity index (χ4v) is 3.00. The third kappa shape index (κ3) is 2.33. The van der Waals surface area contributed by atoms with Gasteiger partial charge in [-0.2, -0.15) is 0 Å². The molecule has 3 rings (SSSR count). The van der Waals surface area contributed by atoms with Gasteiger partial charge in [0.1, 0.15) is 0 Å². The molecule has 3 nitrogen and oxygen atoms in total. The lowest BCUT2D eigenvalue weighted by Crippen LogP contribution is -2.03. The molecular formula is C14H14ClN3S. The highest BCUT2D eigenvalue weighted by Gasteiger charge is 2.09. The summed E-state index contributed by atoms with van der Waals surface area (Å²) < 4.78 is 2.13. The summed E-state index contributed by atoms with van der Waals surface area (Å²) in [5.41, 5.74) is 4.37. The third-order valence-corrected chi connectivity index (χ3v) is 4.36. The molecule has 3 aromatic rings. The number of aryl methyl sites for hydroxylation is 2. The van der Waals surface area contributed by atoms with E-state index in [1.807, 2.05) is 37.4 Å². The predicted molar refractivity (Wildman–Crippen MR) is 81.3 cm³/mol. The van der Waals surface area contributed by atoms with Crippen molar-refractivity contribution in [2.24, 2.45) is 0 Å². The Bertz CT molecular complexity index is 729. The molecule has 0 saturated heterocycles. The van der Waals surface area contributed by atoms with E-state index in [0.29, 0.717) is 0 Å². The minimum absolute atomic E-state index is 0.739. The maximum atomic E-state index is 6.13. The number of halogens is 1. The summed E-state index contributed by atoms with van der Waals surface area (Å²) in [5.74, 6) is 0. The highest BCUT2D eigenvalue weighted by atomic mass is 35.5. The second kappa shape index (κ2) is 4.87. The lowest BCUT2D eigenvalue weighted by atomic mass is 10.2. The van der Waals surface area contributed by atoms with Crippen molar-refractivity contribution in [3.05, 3.63) is 51.7 Å². The van der Waals surface area contributed by atoms with Crippen LogP contribution in [0.2, 0.25) is 5.02 Å². The Morgan fingerprint density at radius 3 is 3.00 bits per heavy atom. The van der Waals surface area contributed by atoms with Gasteiger partial charge in [0.05, 0.1) is 17.9 Å². The van der Waals surface area contributed by atoms with Gasteiger partial charge >= 0.3 is 0 Å². The molecule has 1 N–H and O–H groups in total. The average Bonchev–Trinajstić information content (AvgIpc) is 2.92. The van der Waals surface area contributed by atoms with Gasteiger partial charge in [-0.25, -0.2) is 4.98 Å². The van der Waals surface area contributed by atoms with Gasteiger partial charge in [0.15, 0.2) is 4.96 Å². The van der Waals surface area contributed by atoms with E-state index < -0.39 is 0 Å². The summed E-state index contributed by atoms with van der Waals surface area (Å²) in [4.78, 5) is 5.57. The number of fused-ring (bicyclic) bond motifs is 1. The molecule has 0 atom stereocenters. The normalized spacial score (nSPS) is 11.1. The van der Waals surface area contributed by atoms with Crippen molar-refractivity contribution < 1.29 is 0 Å². The number of hydrogen-bond donors (Lipinski definition) is 1. The van der Waals surface area contributed by atoms with Crippen LogP contribution in [0.25, 0.3) is 4.96 Å². The molecule has 2 aromatic heterocycles. The van der Waals surface area contributed by atoms with Gasteiger partial charge < -0.3 is 5.32 Å². The van der Waals surface area contributed by atoms with Crippen molar-refractivity contribution in [2.75, 3.05) is 5.32 Å². The van der Waals surface area contributed by atoms with Crippen LogP contribution in [0.5, 0.6) is 0 Å². The molecule has 0 saturated carbocycles. The van der Waals surface area contributed by atoms with Gasteiger partial charge in [-0.05, 0) is 31.5 Å². The van der Waals surface area contributed by atoms with Crippen LogP contribution in [0.3, 0.4) is 0 Å². The van der Waals surface area contributed by atoms with Gasteiger partial charge in [0.2, 0.25) is 0 Å². The minimum Gasteiger partial charge on any atom is -0.379 e. The Kier molecular flexibility index (Phi) is 3.21. The highest BCUT2D eigenvalue weighted by molar-refractivity contribution is 7.15. The first kappa shape index (κ1) is 12.5. The molecule has 0 unspecified atom stereocenters. The fourth-order valence-electron chi connectivity index (χ4n) is 2.04. The molecular weight excluding hydrogens is 278 g/mol. The van der Waals surface area contributed by atoms with Crippen LogP contribution in [0.15, 0.2) is 29.8 Å². The van der Waals surface area contributed by atoms with Crippen molar-refractivity contribution in [3.63, 3.8) is 0 Å². The molecule has 0 aliphatic rings. The Balaban J connectivity index is 1.83. The lowest BCUT2D eigenvalue weighted by molar-refractivity contribution is 0.994. The van der Waals surface area contributed by atoms with Gasteiger partial charge in [-0.15, -0.1) is 11.3 Å². The Hall–Kier alpha value is -1.52. The van der Waals surface area contributed by atoms with Crippen molar-refractivity contribution in [3.8, 4) is 0 Å². The summed E-state index contributed by atoms with van der Waals surface area (Å²) >= 11 is 7.78. The number of hydrogen-bond acceptors (Lipinski definition) is 3. The number of rotatable bonds is 3. The van der Waals surface area contributed by atoms with Gasteiger partial charge in [-0.3, -0.25) is 4.40 Å². The number of benzene rings is 1. The van der Waals surface area contributed by atoms with Gasteiger partial charge in [-0.1, -0.05) is 17.7 Å². The highest BCUT2D eigenvalue weighted by Crippen LogP contribution is 2.22. The van der Waals surface area contributed by atoms with E-state index in [1.165, 1.54) is 5.69 Å². The number of imidazole rings is 1. The molecule has 19 heavy (non-hydrogen) atoms. The van der Waals surface area contributed by atoms with Crippen molar-refractivity contribution in [1.29, 1.82) is 0 Å². The van der Waals surface area contributed by atoms with Gasteiger partial charge in [0.25, 0.3) is 0 Å². The predicted octanol–water partition coefficient (Wildman–Crippen LogP) is 4.28. The molecule has 0 aliphatic carbocycles. The molecule has 2 heterocycles. The molecule has 0 amide bonds. The maximum absolute atomic E-state index is 6.13. The minimum atomic E-state index is 0.739. The van der Waals surface area contributed by atoms with E-state index in [9.17, 15) is 0 Å². The SMILES string of the molecule is Cc1ccc(NCc2c(C)nc3sccn23)cc1Cl. The second-order valence-electron chi connectivity index (χ2n) is 4.52. The molecule has 5 heteroatoms. The Morgan fingerprint density at radius 1 is 1.37 bits per heavy atom. The van der Waals surface area contributed by atoms with E-state index in [4.69, 9.17) is 11.6 Å². The molecule has 1 aromatic carbocycles. The van der Waals surface area contributed by atoms with Gasteiger partial charge in [0, 0.05) is 22.3 Å². The number of aromatic nitrogens is 2. The zero-order valence-electron chi connectivity index (χ0n) is 10.8. The summed E-state index contributed by atoms with van der Waals surface area (Å²) in [6, 6.07) is 6.02. The zero-order valence-corrected chi connectivity index (χ0v) is 12.3. The number of anilines is 1. The zero-order chi connectivity index (χ0) is 13.4.